The second kappa shape index (κ2) is 6.81. The summed E-state index contributed by atoms with van der Waals surface area (Å²) in [7, 11) is 1.43. The van der Waals surface area contributed by atoms with E-state index < -0.39 is 23.3 Å². The van der Waals surface area contributed by atoms with Gasteiger partial charge in [0.15, 0.2) is 0 Å². The molecule has 0 spiro atoms. The van der Waals surface area contributed by atoms with Gasteiger partial charge in [0.05, 0.1) is 16.4 Å². The summed E-state index contributed by atoms with van der Waals surface area (Å²) in [5.41, 5.74) is 0. The van der Waals surface area contributed by atoms with E-state index in [0.29, 0.717) is 11.3 Å². The zero-order valence-corrected chi connectivity index (χ0v) is 10.9. The molecule has 0 aliphatic carbocycles. The number of hydrogen-bond acceptors (Lipinski definition) is 6. The summed E-state index contributed by atoms with van der Waals surface area (Å²) in [5, 5.41) is 19.1. The number of hydrogen-bond donors (Lipinski definition) is 1. The van der Waals surface area contributed by atoms with E-state index in [2.05, 4.69) is 0 Å². The fourth-order valence-electron chi connectivity index (χ4n) is 1.31. The molecular weight excluding hydrogens is 276 g/mol. The van der Waals surface area contributed by atoms with Crippen molar-refractivity contribution in [1.82, 2.24) is 4.90 Å². The molecule has 0 bridgehead atoms. The zero-order chi connectivity index (χ0) is 14.4. The third kappa shape index (κ3) is 4.30. The Bertz CT molecular complexity index is 486. The Morgan fingerprint density at radius 3 is 2.68 bits per heavy atom. The van der Waals surface area contributed by atoms with Crippen LogP contribution in [-0.4, -0.2) is 53.6 Å². The molecule has 0 aliphatic rings. The van der Waals surface area contributed by atoms with Crippen LogP contribution in [-0.2, 0) is 9.53 Å². The molecule has 1 N–H and O–H groups in total. The van der Waals surface area contributed by atoms with Crippen LogP contribution < -0.4 is 0 Å². The highest BCUT2D eigenvalue weighted by Crippen LogP contribution is 2.24. The second-order valence-corrected chi connectivity index (χ2v) is 4.57. The molecular formula is C10H12N2O6S. The number of carbonyl (C=O) groups is 2. The van der Waals surface area contributed by atoms with E-state index in [1.54, 1.807) is 0 Å². The molecule has 1 aromatic heterocycles. The predicted molar refractivity (Wildman–Crippen MR) is 66.4 cm³/mol. The molecule has 8 nitrogen and oxygen atoms in total. The van der Waals surface area contributed by atoms with Gasteiger partial charge in [-0.25, -0.2) is 0 Å². The van der Waals surface area contributed by atoms with E-state index in [0.717, 1.165) is 4.90 Å². The van der Waals surface area contributed by atoms with Gasteiger partial charge in [0.1, 0.15) is 6.54 Å². The fourth-order valence-corrected chi connectivity index (χ4v) is 2.10. The summed E-state index contributed by atoms with van der Waals surface area (Å²) in [6.45, 7) is -0.187. The lowest BCUT2D eigenvalue weighted by atomic mass is 10.3. The van der Waals surface area contributed by atoms with E-state index in [1.165, 1.54) is 19.2 Å². The molecule has 0 saturated carbocycles. The molecule has 1 amide bonds. The average Bonchev–Trinajstić information content (AvgIpc) is 2.82. The Hall–Kier alpha value is -2.00. The lowest BCUT2D eigenvalue weighted by Crippen LogP contribution is -2.37. The number of aliphatic carboxylic acids is 1. The summed E-state index contributed by atoms with van der Waals surface area (Å²) >= 11 is 0.714. The van der Waals surface area contributed by atoms with Crippen molar-refractivity contribution in [3.63, 3.8) is 0 Å². The third-order valence-corrected chi connectivity index (χ3v) is 3.19. The van der Waals surface area contributed by atoms with Crippen LogP contribution in [0.25, 0.3) is 0 Å². The van der Waals surface area contributed by atoms with Gasteiger partial charge in [0.25, 0.3) is 5.91 Å². The van der Waals surface area contributed by atoms with Crippen LogP contribution in [0.3, 0.4) is 0 Å². The Balaban J connectivity index is 2.84. The van der Waals surface area contributed by atoms with Crippen LogP contribution >= 0.6 is 11.3 Å². The van der Waals surface area contributed by atoms with E-state index >= 15 is 0 Å². The van der Waals surface area contributed by atoms with Crippen molar-refractivity contribution in [3.05, 3.63) is 27.1 Å². The lowest BCUT2D eigenvalue weighted by Gasteiger charge is -2.19. The van der Waals surface area contributed by atoms with Crippen molar-refractivity contribution in [1.29, 1.82) is 0 Å². The first-order valence-corrected chi connectivity index (χ1v) is 6.01. The first-order valence-electron chi connectivity index (χ1n) is 5.20. The molecule has 9 heteroatoms. The Morgan fingerprint density at radius 1 is 1.53 bits per heavy atom. The van der Waals surface area contributed by atoms with Gasteiger partial charge in [0.2, 0.25) is 0 Å². The number of thiophene rings is 1. The smallest absolute Gasteiger partial charge is 0.324 e. The minimum atomic E-state index is -1.16. The zero-order valence-electron chi connectivity index (χ0n) is 10.1. The van der Waals surface area contributed by atoms with Gasteiger partial charge in [-0.1, -0.05) is 11.3 Å². The second-order valence-electron chi connectivity index (χ2n) is 3.51. The highest BCUT2D eigenvalue weighted by Gasteiger charge is 2.22. The highest BCUT2D eigenvalue weighted by atomic mass is 32.1. The molecule has 0 aromatic carbocycles. The van der Waals surface area contributed by atoms with E-state index in [4.69, 9.17) is 9.84 Å². The van der Waals surface area contributed by atoms with Crippen molar-refractivity contribution in [2.75, 3.05) is 26.8 Å². The Morgan fingerprint density at radius 2 is 2.21 bits per heavy atom. The summed E-state index contributed by atoms with van der Waals surface area (Å²) in [5.74, 6) is -1.71. The van der Waals surface area contributed by atoms with Crippen LogP contribution in [0, 0.1) is 10.1 Å². The van der Waals surface area contributed by atoms with Gasteiger partial charge in [0, 0.05) is 19.7 Å². The highest BCUT2D eigenvalue weighted by molar-refractivity contribution is 7.17. The maximum atomic E-state index is 12.0. The molecule has 0 fully saturated rings. The van der Waals surface area contributed by atoms with Crippen LogP contribution in [0.5, 0.6) is 0 Å². The summed E-state index contributed by atoms with van der Waals surface area (Å²) < 4.78 is 4.79. The van der Waals surface area contributed by atoms with Crippen LogP contribution in [0.4, 0.5) is 5.00 Å². The minimum absolute atomic E-state index is 0.104. The first-order chi connectivity index (χ1) is 8.95. The van der Waals surface area contributed by atoms with E-state index in [-0.39, 0.29) is 23.0 Å². The summed E-state index contributed by atoms with van der Waals surface area (Å²) in [6, 6.07) is 2.53. The van der Waals surface area contributed by atoms with Crippen LogP contribution in [0.2, 0.25) is 0 Å². The molecule has 0 saturated heterocycles. The topological polar surface area (TPSA) is 110 Å². The van der Waals surface area contributed by atoms with Gasteiger partial charge in [-0.2, -0.15) is 0 Å². The summed E-state index contributed by atoms with van der Waals surface area (Å²) in [4.78, 5) is 33.8. The molecule has 0 aliphatic heterocycles. The number of carbonyl (C=O) groups excluding carboxylic acids is 1. The molecule has 104 valence electrons. The van der Waals surface area contributed by atoms with Crippen molar-refractivity contribution in [2.24, 2.45) is 0 Å². The standard InChI is InChI=1S/C10H12N2O6S/c1-18-5-4-11(6-9(13)14)10(15)7-2-3-8(19-7)12(16)17/h2-3H,4-6H2,1H3,(H,13,14). The number of rotatable bonds is 7. The first kappa shape index (κ1) is 15.1. The maximum Gasteiger partial charge on any atom is 0.324 e. The van der Waals surface area contributed by atoms with Gasteiger partial charge in [-0.05, 0) is 6.07 Å². The molecule has 1 heterocycles. The lowest BCUT2D eigenvalue weighted by molar-refractivity contribution is -0.380. The van der Waals surface area contributed by atoms with Gasteiger partial charge in [-0.15, -0.1) is 0 Å². The SMILES string of the molecule is COCCN(CC(=O)O)C(=O)c1ccc([N+](=O)[O-])s1. The minimum Gasteiger partial charge on any atom is -0.480 e. The Kier molecular flexibility index (Phi) is 5.39. The third-order valence-electron chi connectivity index (χ3n) is 2.16. The quantitative estimate of drug-likeness (QED) is 0.587. The maximum absolute atomic E-state index is 12.0. The molecule has 1 rings (SSSR count). The molecule has 19 heavy (non-hydrogen) atoms. The van der Waals surface area contributed by atoms with Crippen molar-refractivity contribution >= 4 is 28.2 Å². The molecule has 0 unspecified atom stereocenters. The van der Waals surface area contributed by atoms with Crippen molar-refractivity contribution in [3.8, 4) is 0 Å². The van der Waals surface area contributed by atoms with E-state index in [1.807, 2.05) is 0 Å². The number of amides is 1. The number of nitrogens with zero attached hydrogens (tertiary/aromatic N) is 2. The van der Waals surface area contributed by atoms with Gasteiger partial charge in [-0.3, -0.25) is 19.7 Å². The van der Waals surface area contributed by atoms with Gasteiger partial charge >= 0.3 is 11.0 Å². The van der Waals surface area contributed by atoms with Crippen LogP contribution in [0.1, 0.15) is 9.67 Å². The van der Waals surface area contributed by atoms with Gasteiger partial charge < -0.3 is 14.7 Å². The fraction of sp³-hybridized carbons (Fsp3) is 0.400. The molecule has 0 atom stereocenters. The van der Waals surface area contributed by atoms with E-state index in [9.17, 15) is 19.7 Å². The summed E-state index contributed by atoms with van der Waals surface area (Å²) in [6.07, 6.45) is 0. The van der Waals surface area contributed by atoms with Crippen molar-refractivity contribution in [2.45, 2.75) is 0 Å². The normalized spacial score (nSPS) is 10.2. The number of carboxylic acids is 1. The molecule has 1 aromatic rings. The number of nitro groups is 1. The Labute approximate surface area is 112 Å². The van der Waals surface area contributed by atoms with Crippen molar-refractivity contribution < 1.29 is 24.4 Å². The monoisotopic (exact) mass is 288 g/mol. The largest absolute Gasteiger partial charge is 0.480 e. The predicted octanol–water partition coefficient (Wildman–Crippen LogP) is 0.829. The average molecular weight is 288 g/mol. The number of ether oxygens (including phenoxy) is 1. The number of methoxy groups -OCH3 is 1. The molecule has 0 radical (unpaired) electrons. The van der Waals surface area contributed by atoms with Crippen LogP contribution in [0.15, 0.2) is 12.1 Å². The number of carboxylic acid groups (broad SMARTS) is 1.